The first kappa shape index (κ1) is 24.7. The average Bonchev–Trinajstić information content (AvgIpc) is 3.16. The summed E-state index contributed by atoms with van der Waals surface area (Å²) in [6, 6.07) is 12.5. The molecule has 1 unspecified atom stereocenters. The minimum atomic E-state index is -0.654. The van der Waals surface area contributed by atoms with Gasteiger partial charge >= 0.3 is 5.97 Å². The number of nitrogens with zero attached hydrogens (tertiary/aromatic N) is 2. The lowest BCUT2D eigenvalue weighted by Gasteiger charge is -2.27. The standard InChI is InChI=1S/C26H29N3O6/c1-18-2-4-19(5-3-18)23(30)17-35-26(33)20-6-8-21(9-7-20)29-24(31)16-22(25(29)32)27-10-11-28-12-14-34-15-13-28/h2-9,22,27H,10-17H2,1H3. The van der Waals surface area contributed by atoms with Crippen molar-refractivity contribution < 1.29 is 28.7 Å². The van der Waals surface area contributed by atoms with Crippen molar-refractivity contribution in [3.05, 3.63) is 65.2 Å². The van der Waals surface area contributed by atoms with Crippen molar-refractivity contribution in [3.63, 3.8) is 0 Å². The summed E-state index contributed by atoms with van der Waals surface area (Å²) in [5, 5.41) is 3.18. The zero-order valence-corrected chi connectivity index (χ0v) is 19.7. The number of nitrogens with one attached hydrogen (secondary N) is 1. The molecule has 1 atom stereocenters. The highest BCUT2D eigenvalue weighted by Gasteiger charge is 2.39. The number of anilines is 1. The monoisotopic (exact) mass is 479 g/mol. The average molecular weight is 480 g/mol. The van der Waals surface area contributed by atoms with Gasteiger partial charge in [-0.3, -0.25) is 19.3 Å². The maximum absolute atomic E-state index is 12.8. The Hall–Kier alpha value is -3.40. The quantitative estimate of drug-likeness (QED) is 0.328. The second-order valence-corrected chi connectivity index (χ2v) is 8.64. The first-order valence-corrected chi connectivity index (χ1v) is 11.7. The molecule has 2 aromatic rings. The maximum atomic E-state index is 12.8. The predicted molar refractivity (Wildman–Crippen MR) is 128 cm³/mol. The van der Waals surface area contributed by atoms with Gasteiger partial charge in [-0.2, -0.15) is 0 Å². The van der Waals surface area contributed by atoms with E-state index in [-0.39, 0.29) is 36.2 Å². The molecule has 2 aromatic carbocycles. The highest BCUT2D eigenvalue weighted by molar-refractivity contribution is 6.22. The van der Waals surface area contributed by atoms with Crippen LogP contribution in [0.15, 0.2) is 48.5 Å². The third-order valence-electron chi connectivity index (χ3n) is 6.14. The fourth-order valence-corrected chi connectivity index (χ4v) is 4.07. The molecule has 4 rings (SSSR count). The molecular weight excluding hydrogens is 450 g/mol. The van der Waals surface area contributed by atoms with Crippen LogP contribution in [0.5, 0.6) is 0 Å². The van der Waals surface area contributed by atoms with Crippen LogP contribution < -0.4 is 10.2 Å². The van der Waals surface area contributed by atoms with E-state index in [0.29, 0.717) is 31.0 Å². The molecule has 184 valence electrons. The van der Waals surface area contributed by atoms with Gasteiger partial charge in [-0.15, -0.1) is 0 Å². The van der Waals surface area contributed by atoms with Crippen molar-refractivity contribution in [1.29, 1.82) is 0 Å². The lowest BCUT2D eigenvalue weighted by Crippen LogP contribution is -2.44. The summed E-state index contributed by atoms with van der Waals surface area (Å²) in [4.78, 5) is 53.3. The van der Waals surface area contributed by atoms with Crippen LogP contribution in [-0.2, 0) is 19.1 Å². The number of ether oxygens (including phenoxy) is 2. The van der Waals surface area contributed by atoms with Crippen molar-refractivity contribution in [2.75, 3.05) is 50.9 Å². The maximum Gasteiger partial charge on any atom is 0.338 e. The number of carbonyl (C=O) groups excluding carboxylic acids is 4. The van der Waals surface area contributed by atoms with Crippen LogP contribution in [0.4, 0.5) is 5.69 Å². The molecule has 0 bridgehead atoms. The Morgan fingerprint density at radius 1 is 1.00 bits per heavy atom. The Morgan fingerprint density at radius 2 is 1.66 bits per heavy atom. The molecule has 2 aliphatic rings. The van der Waals surface area contributed by atoms with Gasteiger partial charge in [0, 0.05) is 31.7 Å². The van der Waals surface area contributed by atoms with Gasteiger partial charge in [0.1, 0.15) is 0 Å². The highest BCUT2D eigenvalue weighted by atomic mass is 16.5. The molecule has 0 saturated carbocycles. The lowest BCUT2D eigenvalue weighted by molar-refractivity contribution is -0.121. The summed E-state index contributed by atoms with van der Waals surface area (Å²) in [6.45, 7) is 6.08. The van der Waals surface area contributed by atoms with E-state index in [1.165, 1.54) is 24.3 Å². The topological polar surface area (TPSA) is 105 Å². The number of amides is 2. The molecule has 9 nitrogen and oxygen atoms in total. The normalized spacial score (nSPS) is 18.7. The molecule has 2 aliphatic heterocycles. The minimum Gasteiger partial charge on any atom is -0.454 e. The molecule has 2 saturated heterocycles. The molecule has 0 aliphatic carbocycles. The second-order valence-electron chi connectivity index (χ2n) is 8.64. The summed E-state index contributed by atoms with van der Waals surface area (Å²) in [5.74, 6) is -1.55. The van der Waals surface area contributed by atoms with Gasteiger partial charge in [0.05, 0.1) is 36.9 Å². The van der Waals surface area contributed by atoms with Crippen LogP contribution in [0, 0.1) is 6.92 Å². The Morgan fingerprint density at radius 3 is 2.34 bits per heavy atom. The number of esters is 1. The van der Waals surface area contributed by atoms with E-state index in [1.54, 1.807) is 12.1 Å². The number of morpholine rings is 1. The van der Waals surface area contributed by atoms with Crippen LogP contribution in [0.2, 0.25) is 0 Å². The van der Waals surface area contributed by atoms with E-state index < -0.39 is 12.0 Å². The van der Waals surface area contributed by atoms with Crippen molar-refractivity contribution in [2.45, 2.75) is 19.4 Å². The van der Waals surface area contributed by atoms with Crippen LogP contribution in [0.3, 0.4) is 0 Å². The van der Waals surface area contributed by atoms with Crippen molar-refractivity contribution >= 4 is 29.3 Å². The summed E-state index contributed by atoms with van der Waals surface area (Å²) in [6.07, 6.45) is 0.0901. The van der Waals surface area contributed by atoms with E-state index in [4.69, 9.17) is 9.47 Å². The van der Waals surface area contributed by atoms with Gasteiger partial charge in [-0.25, -0.2) is 9.69 Å². The van der Waals surface area contributed by atoms with Crippen LogP contribution in [0.25, 0.3) is 0 Å². The van der Waals surface area contributed by atoms with Crippen molar-refractivity contribution in [2.24, 2.45) is 0 Å². The number of hydrogen-bond donors (Lipinski definition) is 1. The predicted octanol–water partition coefficient (Wildman–Crippen LogP) is 1.59. The zero-order chi connectivity index (χ0) is 24.8. The molecule has 35 heavy (non-hydrogen) atoms. The van der Waals surface area contributed by atoms with Gasteiger partial charge in [-0.05, 0) is 31.2 Å². The van der Waals surface area contributed by atoms with Crippen LogP contribution >= 0.6 is 0 Å². The number of aryl methyl sites for hydroxylation is 1. The fraction of sp³-hybridized carbons (Fsp3) is 0.385. The van der Waals surface area contributed by atoms with Gasteiger partial charge in [-0.1, -0.05) is 29.8 Å². The largest absolute Gasteiger partial charge is 0.454 e. The summed E-state index contributed by atoms with van der Waals surface area (Å²) < 4.78 is 10.5. The number of hydrogen-bond acceptors (Lipinski definition) is 8. The van der Waals surface area contributed by atoms with Gasteiger partial charge in [0.2, 0.25) is 5.91 Å². The highest BCUT2D eigenvalue weighted by Crippen LogP contribution is 2.23. The van der Waals surface area contributed by atoms with Crippen LogP contribution in [-0.4, -0.2) is 80.5 Å². The Labute approximate surface area is 204 Å². The molecule has 0 spiro atoms. The smallest absolute Gasteiger partial charge is 0.338 e. The second kappa shape index (κ2) is 11.4. The zero-order valence-electron chi connectivity index (χ0n) is 19.7. The molecule has 2 fully saturated rings. The van der Waals surface area contributed by atoms with Gasteiger partial charge in [0.25, 0.3) is 5.91 Å². The number of ketones is 1. The molecule has 2 heterocycles. The molecule has 0 radical (unpaired) electrons. The van der Waals surface area contributed by atoms with E-state index in [9.17, 15) is 19.2 Å². The first-order chi connectivity index (χ1) is 16.9. The fourth-order valence-electron chi connectivity index (χ4n) is 4.07. The molecule has 0 aromatic heterocycles. The minimum absolute atomic E-state index is 0.0901. The van der Waals surface area contributed by atoms with E-state index in [2.05, 4.69) is 10.2 Å². The summed E-state index contributed by atoms with van der Waals surface area (Å²) in [7, 11) is 0. The number of benzene rings is 2. The number of Topliss-reactive ketones (excluding diaryl/α,β-unsaturated/α-hetero) is 1. The summed E-state index contributed by atoms with van der Waals surface area (Å²) >= 11 is 0. The number of rotatable bonds is 9. The van der Waals surface area contributed by atoms with Gasteiger partial charge < -0.3 is 14.8 Å². The van der Waals surface area contributed by atoms with Crippen molar-refractivity contribution in [1.82, 2.24) is 10.2 Å². The summed E-state index contributed by atoms with van der Waals surface area (Å²) in [5.41, 5.74) is 2.12. The Balaban J connectivity index is 1.28. The molecular formula is C26H29N3O6. The molecule has 2 amide bonds. The molecule has 1 N–H and O–H groups in total. The SMILES string of the molecule is Cc1ccc(C(=O)COC(=O)c2ccc(N3C(=O)CC(NCCN4CCOCC4)C3=O)cc2)cc1. The Bertz CT molecular complexity index is 1080. The Kier molecular flexibility index (Phi) is 8.02. The van der Waals surface area contributed by atoms with Crippen LogP contribution in [0.1, 0.15) is 32.7 Å². The lowest BCUT2D eigenvalue weighted by atomic mass is 10.1. The van der Waals surface area contributed by atoms with Crippen molar-refractivity contribution in [3.8, 4) is 0 Å². The van der Waals surface area contributed by atoms with Gasteiger partial charge in [0.15, 0.2) is 12.4 Å². The van der Waals surface area contributed by atoms with E-state index >= 15 is 0 Å². The van der Waals surface area contributed by atoms with E-state index in [1.807, 2.05) is 19.1 Å². The number of carbonyl (C=O) groups is 4. The third kappa shape index (κ3) is 6.19. The van der Waals surface area contributed by atoms with E-state index in [0.717, 1.165) is 30.1 Å². The third-order valence-corrected chi connectivity index (χ3v) is 6.14. The number of imide groups is 1. The first-order valence-electron chi connectivity index (χ1n) is 11.7. The molecule has 9 heteroatoms.